The first-order valence-corrected chi connectivity index (χ1v) is 24.4. The number of alkyl halides is 2. The van der Waals surface area contributed by atoms with Gasteiger partial charge in [0.25, 0.3) is 0 Å². The SMILES string of the molecule is CC1(C)OB(c2ccc(-c3cc4c(s3)-c3sc(-c5ccccc5)cc3C4(CCCCCCCCBr)CCCCCCCCBr)c3nsnc23)OC1(C)C. The lowest BCUT2D eigenvalue weighted by Gasteiger charge is -2.32. The quantitative estimate of drug-likeness (QED) is 0.0471. The van der Waals surface area contributed by atoms with E-state index < -0.39 is 18.3 Å². The largest absolute Gasteiger partial charge is 0.497 e. The molecule has 2 aromatic carbocycles. The Labute approximate surface area is 346 Å². The van der Waals surface area contributed by atoms with Crippen molar-refractivity contribution in [3.8, 4) is 30.6 Å². The topological polar surface area (TPSA) is 44.2 Å². The van der Waals surface area contributed by atoms with Crippen LogP contribution in [0.25, 0.3) is 41.7 Å². The van der Waals surface area contributed by atoms with Crippen molar-refractivity contribution in [3.63, 3.8) is 0 Å². The van der Waals surface area contributed by atoms with Crippen molar-refractivity contribution in [3.05, 3.63) is 65.7 Å². The van der Waals surface area contributed by atoms with E-state index in [2.05, 4.69) is 114 Å². The van der Waals surface area contributed by atoms with Gasteiger partial charge in [-0.3, -0.25) is 0 Å². The fraction of sp³-hybridized carbons (Fsp3) is 0.535. The van der Waals surface area contributed by atoms with Crippen molar-refractivity contribution in [2.75, 3.05) is 10.7 Å². The maximum absolute atomic E-state index is 6.49. The Morgan fingerprint density at radius 2 is 1.11 bits per heavy atom. The molecule has 1 aliphatic carbocycles. The van der Waals surface area contributed by atoms with Crippen LogP contribution < -0.4 is 5.46 Å². The molecule has 0 amide bonds. The van der Waals surface area contributed by atoms with Crippen molar-refractivity contribution < 1.29 is 9.31 Å². The number of aromatic nitrogens is 2. The van der Waals surface area contributed by atoms with E-state index >= 15 is 0 Å². The van der Waals surface area contributed by atoms with Gasteiger partial charge < -0.3 is 9.31 Å². The lowest BCUT2D eigenvalue weighted by molar-refractivity contribution is 0.00578. The molecule has 53 heavy (non-hydrogen) atoms. The van der Waals surface area contributed by atoms with Gasteiger partial charge in [-0.05, 0) is 82.2 Å². The number of rotatable bonds is 19. The van der Waals surface area contributed by atoms with Gasteiger partial charge in [0.05, 0.1) is 22.9 Å². The molecule has 10 heteroatoms. The molecule has 4 heterocycles. The van der Waals surface area contributed by atoms with Crippen LogP contribution in [0.15, 0.2) is 54.6 Å². The summed E-state index contributed by atoms with van der Waals surface area (Å²) in [5.41, 5.74) is 7.67. The second kappa shape index (κ2) is 17.4. The number of fused-ring (bicyclic) bond motifs is 4. The third-order valence-electron chi connectivity index (χ3n) is 12.0. The molecule has 0 radical (unpaired) electrons. The van der Waals surface area contributed by atoms with Crippen LogP contribution in [0.5, 0.6) is 0 Å². The number of hydrogen-bond acceptors (Lipinski definition) is 7. The molecule has 282 valence electrons. The van der Waals surface area contributed by atoms with Gasteiger partial charge in [-0.1, -0.05) is 139 Å². The lowest BCUT2D eigenvalue weighted by atomic mass is 9.71. The summed E-state index contributed by atoms with van der Waals surface area (Å²) in [5.74, 6) is 0. The predicted molar refractivity (Wildman–Crippen MR) is 238 cm³/mol. The molecule has 0 spiro atoms. The van der Waals surface area contributed by atoms with E-state index in [9.17, 15) is 0 Å². The van der Waals surface area contributed by atoms with Gasteiger partial charge >= 0.3 is 7.12 Å². The van der Waals surface area contributed by atoms with Crippen LogP contribution in [0.3, 0.4) is 0 Å². The highest BCUT2D eigenvalue weighted by Crippen LogP contribution is 2.61. The van der Waals surface area contributed by atoms with Crippen molar-refractivity contribution in [1.82, 2.24) is 8.75 Å². The zero-order valence-electron chi connectivity index (χ0n) is 31.8. The first-order chi connectivity index (χ1) is 25.7. The Hall–Kier alpha value is -1.40. The van der Waals surface area contributed by atoms with Gasteiger partial charge in [0.15, 0.2) is 0 Å². The Balaban J connectivity index is 1.26. The first kappa shape index (κ1) is 39.8. The molecule has 7 rings (SSSR count). The molecule has 1 fully saturated rings. The fourth-order valence-electron chi connectivity index (χ4n) is 8.22. The number of thiophene rings is 2. The molecule has 2 aliphatic rings. The molecule has 1 saturated heterocycles. The van der Waals surface area contributed by atoms with Crippen molar-refractivity contribution in [2.24, 2.45) is 0 Å². The standard InChI is InChI=1S/C43H53BBr2N2O2S3/c1-41(2)42(3,4)50-44(49-41)34-23-22-31(37-38(34)48-53-47-37)36-29-33-40(52-36)39-32(28-35(51-39)30-20-14-13-15-21-30)43(33,24-16-9-5-7-11-18-26-45)25-17-10-6-8-12-19-27-46/h13-15,20-23,28-29H,5-12,16-19,24-27H2,1-4H3. The number of benzene rings is 2. The van der Waals surface area contributed by atoms with E-state index in [1.807, 2.05) is 22.7 Å². The van der Waals surface area contributed by atoms with Crippen LogP contribution >= 0.6 is 66.3 Å². The lowest BCUT2D eigenvalue weighted by Crippen LogP contribution is -2.41. The second-order valence-electron chi connectivity index (χ2n) is 16.0. The van der Waals surface area contributed by atoms with Crippen LogP contribution in [0, 0.1) is 0 Å². The van der Waals surface area contributed by atoms with Crippen LogP contribution in [0.4, 0.5) is 0 Å². The van der Waals surface area contributed by atoms with Crippen LogP contribution in [0.1, 0.15) is 129 Å². The second-order valence-corrected chi connectivity index (χ2v) is 20.2. The molecule has 0 N–H and O–H groups in total. The van der Waals surface area contributed by atoms with E-state index in [0.717, 1.165) is 27.2 Å². The molecular weight excluding hydrogens is 843 g/mol. The third kappa shape index (κ3) is 8.22. The average Bonchev–Trinajstić information content (AvgIpc) is 3.97. The van der Waals surface area contributed by atoms with Gasteiger partial charge in [0, 0.05) is 46.6 Å². The Morgan fingerprint density at radius 3 is 1.70 bits per heavy atom. The summed E-state index contributed by atoms with van der Waals surface area (Å²) in [6, 6.07) is 20.6. The van der Waals surface area contributed by atoms with Crippen LogP contribution in [0.2, 0.25) is 0 Å². The van der Waals surface area contributed by atoms with Crippen LogP contribution in [-0.4, -0.2) is 37.7 Å². The first-order valence-electron chi connectivity index (χ1n) is 19.8. The smallest absolute Gasteiger partial charge is 0.399 e. The molecule has 4 nitrogen and oxygen atoms in total. The maximum Gasteiger partial charge on any atom is 0.497 e. The summed E-state index contributed by atoms with van der Waals surface area (Å²) >= 11 is 12.5. The maximum atomic E-state index is 6.49. The minimum Gasteiger partial charge on any atom is -0.399 e. The molecule has 0 saturated carbocycles. The zero-order valence-corrected chi connectivity index (χ0v) is 37.4. The van der Waals surface area contributed by atoms with E-state index in [0.29, 0.717) is 0 Å². The summed E-state index contributed by atoms with van der Waals surface area (Å²) in [5, 5.41) is 2.23. The summed E-state index contributed by atoms with van der Waals surface area (Å²) in [6.45, 7) is 8.42. The molecule has 1 aliphatic heterocycles. The van der Waals surface area contributed by atoms with Gasteiger partial charge in [-0.15, -0.1) is 22.7 Å². The molecule has 0 bridgehead atoms. The van der Waals surface area contributed by atoms with Crippen molar-refractivity contribution >= 4 is 89.9 Å². The van der Waals surface area contributed by atoms with E-state index in [-0.39, 0.29) is 5.41 Å². The zero-order chi connectivity index (χ0) is 37.1. The molecular formula is C43H53BBr2N2O2S3. The molecule has 5 aromatic rings. The minimum absolute atomic E-state index is 0.0384. The summed E-state index contributed by atoms with van der Waals surface area (Å²) in [6.07, 6.45) is 18.1. The number of unbranched alkanes of at least 4 members (excludes halogenated alkanes) is 10. The Morgan fingerprint density at radius 1 is 0.604 bits per heavy atom. The monoisotopic (exact) mass is 894 g/mol. The molecule has 0 unspecified atom stereocenters. The van der Waals surface area contributed by atoms with E-state index in [1.165, 1.54) is 132 Å². The van der Waals surface area contributed by atoms with Gasteiger partial charge in [0.2, 0.25) is 0 Å². The number of nitrogens with zero attached hydrogens (tertiary/aromatic N) is 2. The Bertz CT molecular complexity index is 1940. The molecule has 3 aromatic heterocycles. The summed E-state index contributed by atoms with van der Waals surface area (Å²) in [7, 11) is -0.467. The van der Waals surface area contributed by atoms with E-state index in [1.54, 1.807) is 11.1 Å². The highest BCUT2D eigenvalue weighted by molar-refractivity contribution is 9.09. The predicted octanol–water partition coefficient (Wildman–Crippen LogP) is 14.0. The van der Waals surface area contributed by atoms with Crippen LogP contribution in [-0.2, 0) is 14.7 Å². The summed E-state index contributed by atoms with van der Waals surface area (Å²) in [4.78, 5) is 5.65. The van der Waals surface area contributed by atoms with E-state index in [4.69, 9.17) is 18.1 Å². The highest BCUT2D eigenvalue weighted by Gasteiger charge is 2.52. The normalized spacial score (nSPS) is 16.8. The third-order valence-corrected chi connectivity index (χ3v) is 16.1. The number of halogens is 2. The van der Waals surface area contributed by atoms with Gasteiger partial charge in [-0.25, -0.2) is 0 Å². The van der Waals surface area contributed by atoms with Crippen molar-refractivity contribution in [1.29, 1.82) is 0 Å². The molecule has 0 atom stereocenters. The minimum atomic E-state index is -0.467. The van der Waals surface area contributed by atoms with Gasteiger partial charge in [-0.2, -0.15) is 8.75 Å². The highest BCUT2D eigenvalue weighted by atomic mass is 79.9. The Kier molecular flexibility index (Phi) is 13.1. The van der Waals surface area contributed by atoms with Crippen molar-refractivity contribution in [2.45, 2.75) is 134 Å². The average molecular weight is 897 g/mol. The summed E-state index contributed by atoms with van der Waals surface area (Å²) < 4.78 is 22.7. The van der Waals surface area contributed by atoms with Gasteiger partial charge in [0.1, 0.15) is 11.0 Å². The number of hydrogen-bond donors (Lipinski definition) is 0. The fourth-order valence-corrected chi connectivity index (χ4v) is 12.3.